The van der Waals surface area contributed by atoms with Crippen LogP contribution in [-0.4, -0.2) is 10.9 Å². The zero-order chi connectivity index (χ0) is 18.5. The Morgan fingerprint density at radius 3 is 2.54 bits per heavy atom. The number of hydrogen-bond donors (Lipinski definition) is 2. The average Bonchev–Trinajstić information content (AvgIpc) is 2.66. The highest BCUT2D eigenvalue weighted by Crippen LogP contribution is 2.23. The van der Waals surface area contributed by atoms with Crippen LogP contribution in [0.2, 0.25) is 0 Å². The number of anilines is 3. The second kappa shape index (κ2) is 7.49. The van der Waals surface area contributed by atoms with Gasteiger partial charge in [-0.15, -0.1) is 0 Å². The zero-order valence-electron chi connectivity index (χ0n) is 14.6. The van der Waals surface area contributed by atoms with Crippen LogP contribution in [0, 0.1) is 25.2 Å². The molecule has 0 fully saturated rings. The van der Waals surface area contributed by atoms with Crippen LogP contribution < -0.4 is 10.6 Å². The zero-order valence-corrected chi connectivity index (χ0v) is 14.6. The lowest BCUT2D eigenvalue weighted by atomic mass is 10.1. The lowest BCUT2D eigenvalue weighted by molar-refractivity contribution is 0.102. The summed E-state index contributed by atoms with van der Waals surface area (Å²) < 4.78 is 0. The van der Waals surface area contributed by atoms with Gasteiger partial charge in [0.25, 0.3) is 5.91 Å². The molecule has 0 saturated heterocycles. The molecule has 1 heterocycles. The number of rotatable bonds is 4. The van der Waals surface area contributed by atoms with Crippen molar-refractivity contribution in [3.8, 4) is 6.07 Å². The molecule has 1 amide bonds. The number of nitrogens with one attached hydrogen (secondary N) is 2. The molecule has 128 valence electrons. The van der Waals surface area contributed by atoms with Gasteiger partial charge < -0.3 is 10.6 Å². The van der Waals surface area contributed by atoms with Gasteiger partial charge in [0.15, 0.2) is 0 Å². The van der Waals surface area contributed by atoms with E-state index in [-0.39, 0.29) is 5.91 Å². The molecule has 1 aromatic heterocycles. The van der Waals surface area contributed by atoms with E-state index in [2.05, 4.69) is 35.5 Å². The summed E-state index contributed by atoms with van der Waals surface area (Å²) in [7, 11) is 0. The van der Waals surface area contributed by atoms with E-state index in [9.17, 15) is 4.79 Å². The number of nitriles is 1. The molecule has 0 aliphatic heterocycles. The van der Waals surface area contributed by atoms with Gasteiger partial charge in [-0.2, -0.15) is 5.26 Å². The Morgan fingerprint density at radius 2 is 1.81 bits per heavy atom. The summed E-state index contributed by atoms with van der Waals surface area (Å²) in [6.07, 6.45) is 1.60. The molecule has 0 atom stereocenters. The van der Waals surface area contributed by atoms with Crippen LogP contribution in [0.5, 0.6) is 0 Å². The molecule has 3 aromatic rings. The lowest BCUT2D eigenvalue weighted by Crippen LogP contribution is -2.13. The van der Waals surface area contributed by atoms with E-state index in [1.165, 1.54) is 5.56 Å². The van der Waals surface area contributed by atoms with Gasteiger partial charge >= 0.3 is 0 Å². The Labute approximate surface area is 152 Å². The first-order valence-corrected chi connectivity index (χ1v) is 8.17. The van der Waals surface area contributed by atoms with Crippen molar-refractivity contribution in [2.45, 2.75) is 13.8 Å². The van der Waals surface area contributed by atoms with Gasteiger partial charge in [0.05, 0.1) is 11.6 Å². The summed E-state index contributed by atoms with van der Waals surface area (Å²) in [6.45, 7) is 4.11. The van der Waals surface area contributed by atoms with Crippen molar-refractivity contribution in [3.63, 3.8) is 0 Å². The van der Waals surface area contributed by atoms with Crippen LogP contribution in [0.1, 0.15) is 27.2 Å². The minimum absolute atomic E-state index is 0.306. The highest BCUT2D eigenvalue weighted by atomic mass is 16.1. The van der Waals surface area contributed by atoms with E-state index < -0.39 is 0 Å². The summed E-state index contributed by atoms with van der Waals surface area (Å²) in [4.78, 5) is 16.6. The van der Waals surface area contributed by atoms with Crippen molar-refractivity contribution in [2.24, 2.45) is 0 Å². The van der Waals surface area contributed by atoms with Crippen LogP contribution in [0.15, 0.2) is 60.8 Å². The van der Waals surface area contributed by atoms with Crippen molar-refractivity contribution >= 4 is 23.0 Å². The SMILES string of the molecule is Cc1cccc(Nc2ccnc(C(=O)Nc3ccc(C#N)cc3)c2)c1C. The average molecular weight is 342 g/mol. The second-order valence-electron chi connectivity index (χ2n) is 5.95. The molecule has 26 heavy (non-hydrogen) atoms. The molecule has 0 aliphatic carbocycles. The van der Waals surface area contributed by atoms with Crippen molar-refractivity contribution < 1.29 is 4.79 Å². The standard InChI is InChI=1S/C21H18N4O/c1-14-4-3-5-19(15(14)2)24-18-10-11-23-20(12-18)21(26)25-17-8-6-16(13-22)7-9-17/h3-12H,1-2H3,(H,23,24)(H,25,26). The Hall–Kier alpha value is -3.65. The molecule has 5 nitrogen and oxygen atoms in total. The van der Waals surface area contributed by atoms with E-state index in [4.69, 9.17) is 5.26 Å². The van der Waals surface area contributed by atoms with Gasteiger partial charge in [0.1, 0.15) is 5.69 Å². The monoisotopic (exact) mass is 342 g/mol. The molecule has 0 saturated carbocycles. The highest BCUT2D eigenvalue weighted by Gasteiger charge is 2.09. The summed E-state index contributed by atoms with van der Waals surface area (Å²) in [5.41, 5.74) is 5.61. The third kappa shape index (κ3) is 3.87. The van der Waals surface area contributed by atoms with Crippen LogP contribution in [0.4, 0.5) is 17.1 Å². The summed E-state index contributed by atoms with van der Waals surface area (Å²) in [6, 6.07) is 18.3. The van der Waals surface area contributed by atoms with E-state index in [0.29, 0.717) is 16.9 Å². The van der Waals surface area contributed by atoms with Gasteiger partial charge in [-0.1, -0.05) is 12.1 Å². The molecule has 5 heteroatoms. The summed E-state index contributed by atoms with van der Waals surface area (Å²) in [5.74, 6) is -0.306. The fourth-order valence-electron chi connectivity index (χ4n) is 2.50. The normalized spacial score (nSPS) is 10.0. The van der Waals surface area contributed by atoms with Gasteiger partial charge in [0, 0.05) is 23.3 Å². The molecule has 0 radical (unpaired) electrons. The molecule has 0 unspecified atom stereocenters. The number of nitrogens with zero attached hydrogens (tertiary/aromatic N) is 2. The van der Waals surface area contributed by atoms with Crippen LogP contribution in [-0.2, 0) is 0 Å². The van der Waals surface area contributed by atoms with Gasteiger partial charge in [-0.25, -0.2) is 0 Å². The Kier molecular flexibility index (Phi) is 4.95. The van der Waals surface area contributed by atoms with E-state index in [0.717, 1.165) is 16.9 Å². The van der Waals surface area contributed by atoms with Crippen LogP contribution in [0.25, 0.3) is 0 Å². The maximum Gasteiger partial charge on any atom is 0.274 e. The molecule has 0 aliphatic rings. The van der Waals surface area contributed by atoms with Crippen molar-refractivity contribution in [1.29, 1.82) is 5.26 Å². The number of hydrogen-bond acceptors (Lipinski definition) is 4. The van der Waals surface area contributed by atoms with Crippen molar-refractivity contribution in [3.05, 3.63) is 83.2 Å². The smallest absolute Gasteiger partial charge is 0.274 e. The maximum absolute atomic E-state index is 12.4. The van der Waals surface area contributed by atoms with Crippen molar-refractivity contribution in [2.75, 3.05) is 10.6 Å². The van der Waals surface area contributed by atoms with Gasteiger partial charge in [-0.3, -0.25) is 9.78 Å². The van der Waals surface area contributed by atoms with E-state index in [1.54, 1.807) is 36.5 Å². The van der Waals surface area contributed by atoms with E-state index >= 15 is 0 Å². The molecule has 0 bridgehead atoms. The number of aryl methyl sites for hydroxylation is 1. The Balaban J connectivity index is 1.76. The third-order valence-corrected chi connectivity index (χ3v) is 4.15. The van der Waals surface area contributed by atoms with Crippen molar-refractivity contribution in [1.82, 2.24) is 4.98 Å². The number of aromatic nitrogens is 1. The lowest BCUT2D eigenvalue weighted by Gasteiger charge is -2.12. The number of amides is 1. The first-order valence-electron chi connectivity index (χ1n) is 8.17. The Morgan fingerprint density at radius 1 is 1.04 bits per heavy atom. The molecule has 0 spiro atoms. The summed E-state index contributed by atoms with van der Waals surface area (Å²) >= 11 is 0. The molecular formula is C21H18N4O. The predicted molar refractivity (Wildman–Crippen MR) is 103 cm³/mol. The molecule has 2 N–H and O–H groups in total. The first-order chi connectivity index (χ1) is 12.6. The minimum atomic E-state index is -0.306. The summed E-state index contributed by atoms with van der Waals surface area (Å²) in [5, 5.41) is 14.9. The van der Waals surface area contributed by atoms with Gasteiger partial charge in [-0.05, 0) is 67.4 Å². The number of carbonyl (C=O) groups is 1. The Bertz CT molecular complexity index is 988. The number of carbonyl (C=O) groups excluding carboxylic acids is 1. The minimum Gasteiger partial charge on any atom is -0.355 e. The second-order valence-corrected chi connectivity index (χ2v) is 5.95. The number of pyridine rings is 1. The van der Waals surface area contributed by atoms with Gasteiger partial charge in [0.2, 0.25) is 0 Å². The van der Waals surface area contributed by atoms with Crippen LogP contribution in [0.3, 0.4) is 0 Å². The van der Waals surface area contributed by atoms with E-state index in [1.807, 2.05) is 24.3 Å². The molecule has 2 aromatic carbocycles. The van der Waals surface area contributed by atoms with Crippen LogP contribution >= 0.6 is 0 Å². The quantitative estimate of drug-likeness (QED) is 0.728. The molecule has 3 rings (SSSR count). The largest absolute Gasteiger partial charge is 0.355 e. The first kappa shape index (κ1) is 17.2. The number of benzene rings is 2. The maximum atomic E-state index is 12.4. The topological polar surface area (TPSA) is 77.8 Å². The fourth-order valence-corrected chi connectivity index (χ4v) is 2.50. The fraction of sp³-hybridized carbons (Fsp3) is 0.0952. The third-order valence-electron chi connectivity index (χ3n) is 4.15. The highest BCUT2D eigenvalue weighted by molar-refractivity contribution is 6.03. The molecular weight excluding hydrogens is 324 g/mol. The predicted octanol–water partition coefficient (Wildman–Crippen LogP) is 4.57.